The number of carbonyl (C=O) groups excluding carboxylic acids is 2. The predicted octanol–water partition coefficient (Wildman–Crippen LogP) is 4.29. The van der Waals surface area contributed by atoms with Gasteiger partial charge in [-0.15, -0.1) is 0 Å². The van der Waals surface area contributed by atoms with Crippen molar-refractivity contribution < 1.29 is 9.59 Å². The first-order valence-corrected chi connectivity index (χ1v) is 12.1. The average molecular weight is 428 g/mol. The van der Waals surface area contributed by atoms with Crippen LogP contribution in [0, 0.1) is 11.3 Å². The highest BCUT2D eigenvalue weighted by molar-refractivity contribution is 5.94. The summed E-state index contributed by atoms with van der Waals surface area (Å²) in [7, 11) is 4.11. The van der Waals surface area contributed by atoms with Crippen LogP contribution in [-0.2, 0) is 4.79 Å². The van der Waals surface area contributed by atoms with Crippen LogP contribution < -0.4 is 5.32 Å². The van der Waals surface area contributed by atoms with Crippen molar-refractivity contribution in [3.63, 3.8) is 0 Å². The van der Waals surface area contributed by atoms with Crippen LogP contribution in [0.25, 0.3) is 0 Å². The molecule has 0 unspecified atom stereocenters. The lowest BCUT2D eigenvalue weighted by Gasteiger charge is -2.33. The Hall–Kier alpha value is -1.88. The minimum absolute atomic E-state index is 0.00730. The summed E-state index contributed by atoms with van der Waals surface area (Å²) in [6, 6.07) is 8.30. The maximum absolute atomic E-state index is 12.9. The molecule has 1 aromatic rings. The standard InChI is InChI=1S/C26H41N3O2/c1-26(2,19-28(3)4)18-27-24(30)22-14-16-29(17-15-22)25(31)23-12-10-21(11-13-23)20-8-6-5-7-9-20/h10-13,20,22H,5-9,14-19H2,1-4H3,(H,27,30). The van der Waals surface area contributed by atoms with Gasteiger partial charge in [-0.05, 0) is 68.8 Å². The van der Waals surface area contributed by atoms with E-state index in [9.17, 15) is 9.59 Å². The zero-order valence-electron chi connectivity index (χ0n) is 20.0. The van der Waals surface area contributed by atoms with Crippen LogP contribution >= 0.6 is 0 Å². The fraction of sp³-hybridized carbons (Fsp3) is 0.692. The molecule has 1 aliphatic heterocycles. The smallest absolute Gasteiger partial charge is 0.253 e. The molecule has 3 rings (SSSR count). The van der Waals surface area contributed by atoms with E-state index in [4.69, 9.17) is 0 Å². The molecule has 1 aromatic carbocycles. The van der Waals surface area contributed by atoms with Crippen molar-refractivity contribution in [2.75, 3.05) is 40.3 Å². The van der Waals surface area contributed by atoms with Gasteiger partial charge in [0.05, 0.1) is 0 Å². The van der Waals surface area contributed by atoms with Gasteiger partial charge >= 0.3 is 0 Å². The van der Waals surface area contributed by atoms with E-state index in [2.05, 4.69) is 50.3 Å². The van der Waals surface area contributed by atoms with Crippen LogP contribution in [-0.4, -0.2) is 61.9 Å². The Morgan fingerprint density at radius 2 is 1.61 bits per heavy atom. The Labute approximate surface area is 188 Å². The minimum atomic E-state index is 0.00730. The van der Waals surface area contributed by atoms with Crippen molar-refractivity contribution in [2.24, 2.45) is 11.3 Å². The maximum Gasteiger partial charge on any atom is 0.253 e. The van der Waals surface area contributed by atoms with Crippen molar-refractivity contribution >= 4 is 11.8 Å². The number of amides is 2. The van der Waals surface area contributed by atoms with E-state index in [1.165, 1.54) is 37.7 Å². The molecule has 5 heteroatoms. The summed E-state index contributed by atoms with van der Waals surface area (Å²) in [4.78, 5) is 29.6. The number of piperidine rings is 1. The molecule has 1 N–H and O–H groups in total. The van der Waals surface area contributed by atoms with Gasteiger partial charge in [0.15, 0.2) is 0 Å². The number of nitrogens with one attached hydrogen (secondary N) is 1. The molecule has 2 aliphatic rings. The molecule has 1 heterocycles. The van der Waals surface area contributed by atoms with Gasteiger partial charge in [0, 0.05) is 37.7 Å². The van der Waals surface area contributed by atoms with E-state index in [0.717, 1.165) is 24.9 Å². The molecule has 0 bridgehead atoms. The summed E-state index contributed by atoms with van der Waals surface area (Å²) in [5, 5.41) is 3.14. The molecule has 172 valence electrons. The van der Waals surface area contributed by atoms with Crippen molar-refractivity contribution in [3.8, 4) is 0 Å². The summed E-state index contributed by atoms with van der Waals surface area (Å²) >= 11 is 0. The summed E-state index contributed by atoms with van der Waals surface area (Å²) in [6.45, 7) is 7.27. The largest absolute Gasteiger partial charge is 0.355 e. The molecule has 2 amide bonds. The van der Waals surface area contributed by atoms with Crippen molar-refractivity contribution in [1.82, 2.24) is 15.1 Å². The molecule has 0 spiro atoms. The Balaban J connectivity index is 1.46. The fourth-order valence-corrected chi connectivity index (χ4v) is 5.24. The Morgan fingerprint density at radius 3 is 2.19 bits per heavy atom. The molecule has 1 saturated carbocycles. The lowest BCUT2D eigenvalue weighted by Crippen LogP contribution is -2.46. The summed E-state index contributed by atoms with van der Waals surface area (Å²) in [5.74, 6) is 0.902. The predicted molar refractivity (Wildman–Crippen MR) is 126 cm³/mol. The third-order valence-electron chi connectivity index (χ3n) is 6.87. The molecule has 5 nitrogen and oxygen atoms in total. The first-order valence-electron chi connectivity index (χ1n) is 12.1. The molecule has 0 aromatic heterocycles. The maximum atomic E-state index is 12.9. The van der Waals surface area contributed by atoms with E-state index < -0.39 is 0 Å². The lowest BCUT2D eigenvalue weighted by molar-refractivity contribution is -0.126. The van der Waals surface area contributed by atoms with Gasteiger partial charge < -0.3 is 15.1 Å². The average Bonchev–Trinajstić information content (AvgIpc) is 2.77. The lowest BCUT2D eigenvalue weighted by atomic mass is 9.84. The number of likely N-dealkylation sites (tertiary alicyclic amines) is 1. The Morgan fingerprint density at radius 1 is 1.00 bits per heavy atom. The zero-order chi connectivity index (χ0) is 22.4. The van der Waals surface area contributed by atoms with Gasteiger partial charge in [-0.3, -0.25) is 9.59 Å². The second-order valence-corrected chi connectivity index (χ2v) is 10.6. The molecule has 2 fully saturated rings. The van der Waals surface area contributed by atoms with E-state index in [-0.39, 0.29) is 23.1 Å². The zero-order valence-corrected chi connectivity index (χ0v) is 20.0. The summed E-state index contributed by atoms with van der Waals surface area (Å²) in [5.41, 5.74) is 2.19. The van der Waals surface area contributed by atoms with E-state index >= 15 is 0 Å². The van der Waals surface area contributed by atoms with E-state index in [0.29, 0.717) is 25.6 Å². The molecule has 0 radical (unpaired) electrons. The van der Waals surface area contributed by atoms with Crippen LogP contribution in [0.2, 0.25) is 0 Å². The first-order chi connectivity index (χ1) is 14.7. The van der Waals surface area contributed by atoms with Crippen LogP contribution in [0.5, 0.6) is 0 Å². The minimum Gasteiger partial charge on any atom is -0.355 e. The molecule has 1 aliphatic carbocycles. The van der Waals surface area contributed by atoms with Crippen LogP contribution in [0.1, 0.15) is 80.6 Å². The summed E-state index contributed by atoms with van der Waals surface area (Å²) in [6.07, 6.45) is 8.03. The normalized spacial score (nSPS) is 18.9. The third kappa shape index (κ3) is 6.80. The highest BCUT2D eigenvalue weighted by Crippen LogP contribution is 2.32. The molecule has 0 atom stereocenters. The highest BCUT2D eigenvalue weighted by Gasteiger charge is 2.29. The van der Waals surface area contributed by atoms with Gasteiger partial charge in [-0.2, -0.15) is 0 Å². The van der Waals surface area contributed by atoms with Crippen LogP contribution in [0.3, 0.4) is 0 Å². The molecular formula is C26H41N3O2. The quantitative estimate of drug-likeness (QED) is 0.706. The Bertz CT molecular complexity index is 728. The Kier molecular flexibility index (Phi) is 8.15. The molecule has 1 saturated heterocycles. The monoisotopic (exact) mass is 427 g/mol. The first kappa shape index (κ1) is 23.8. The third-order valence-corrected chi connectivity index (χ3v) is 6.87. The number of hydrogen-bond donors (Lipinski definition) is 1. The fourth-order valence-electron chi connectivity index (χ4n) is 5.24. The second-order valence-electron chi connectivity index (χ2n) is 10.6. The SMILES string of the molecule is CN(C)CC(C)(C)CNC(=O)C1CCN(C(=O)c2ccc(C3CCCCC3)cc2)CC1. The number of rotatable bonds is 7. The van der Waals surface area contributed by atoms with Gasteiger partial charge in [0.2, 0.25) is 5.91 Å². The molecular weight excluding hydrogens is 386 g/mol. The topological polar surface area (TPSA) is 52.7 Å². The van der Waals surface area contributed by atoms with Crippen LogP contribution in [0.15, 0.2) is 24.3 Å². The van der Waals surface area contributed by atoms with Crippen molar-refractivity contribution in [2.45, 2.75) is 64.7 Å². The van der Waals surface area contributed by atoms with Gasteiger partial charge in [-0.1, -0.05) is 45.2 Å². The number of hydrogen-bond acceptors (Lipinski definition) is 3. The number of nitrogens with zero attached hydrogens (tertiary/aromatic N) is 2. The summed E-state index contributed by atoms with van der Waals surface area (Å²) < 4.78 is 0. The van der Waals surface area contributed by atoms with Gasteiger partial charge in [0.1, 0.15) is 0 Å². The second kappa shape index (κ2) is 10.6. The highest BCUT2D eigenvalue weighted by atomic mass is 16.2. The number of benzene rings is 1. The van der Waals surface area contributed by atoms with Crippen LogP contribution in [0.4, 0.5) is 0 Å². The number of carbonyl (C=O) groups is 2. The van der Waals surface area contributed by atoms with Crippen molar-refractivity contribution in [1.29, 1.82) is 0 Å². The van der Waals surface area contributed by atoms with Gasteiger partial charge in [0.25, 0.3) is 5.91 Å². The molecule has 31 heavy (non-hydrogen) atoms. The van der Waals surface area contributed by atoms with Crippen molar-refractivity contribution in [3.05, 3.63) is 35.4 Å². The van der Waals surface area contributed by atoms with E-state index in [1.807, 2.05) is 17.0 Å². The van der Waals surface area contributed by atoms with Gasteiger partial charge in [-0.25, -0.2) is 0 Å². The van der Waals surface area contributed by atoms with E-state index in [1.54, 1.807) is 0 Å².